The molecule has 20 heavy (non-hydrogen) atoms. The van der Waals surface area contributed by atoms with Gasteiger partial charge in [0, 0.05) is 16.2 Å². The molecular weight excluding hydrogens is 351 g/mol. The second kappa shape index (κ2) is 6.19. The maximum atomic E-state index is 13.5. The molecule has 0 atom stereocenters. The number of nitrogens with one attached hydrogen (secondary N) is 1. The number of pyridine rings is 1. The van der Waals surface area contributed by atoms with Crippen molar-refractivity contribution in [3.63, 3.8) is 0 Å². The Morgan fingerprint density at radius 3 is 2.85 bits per heavy atom. The van der Waals surface area contributed by atoms with Crippen LogP contribution in [0.1, 0.15) is 10.4 Å². The van der Waals surface area contributed by atoms with Crippen LogP contribution in [0.5, 0.6) is 5.75 Å². The largest absolute Gasteiger partial charge is 0.494 e. The topological polar surface area (TPSA) is 51.2 Å². The van der Waals surface area contributed by atoms with Gasteiger partial charge in [-0.05, 0) is 40.2 Å². The first-order chi connectivity index (χ1) is 9.51. The molecule has 0 bridgehead atoms. The van der Waals surface area contributed by atoms with Crippen molar-refractivity contribution in [1.29, 1.82) is 0 Å². The normalized spacial score (nSPS) is 10.2. The molecule has 0 aliphatic heterocycles. The van der Waals surface area contributed by atoms with Crippen molar-refractivity contribution >= 4 is 39.1 Å². The highest BCUT2D eigenvalue weighted by Gasteiger charge is 2.12. The molecule has 1 heterocycles. The van der Waals surface area contributed by atoms with E-state index in [4.69, 9.17) is 16.3 Å². The number of aromatic nitrogens is 1. The quantitative estimate of drug-likeness (QED) is 0.846. The van der Waals surface area contributed by atoms with Gasteiger partial charge < -0.3 is 10.1 Å². The molecule has 0 unspecified atom stereocenters. The van der Waals surface area contributed by atoms with Crippen molar-refractivity contribution in [3.05, 3.63) is 51.5 Å². The lowest BCUT2D eigenvalue weighted by Gasteiger charge is -2.08. The number of halogens is 3. The van der Waals surface area contributed by atoms with Crippen molar-refractivity contribution in [2.24, 2.45) is 0 Å². The highest BCUT2D eigenvalue weighted by molar-refractivity contribution is 9.10. The molecule has 0 aliphatic carbocycles. The molecule has 0 fully saturated rings. The Morgan fingerprint density at radius 1 is 1.45 bits per heavy atom. The molecular formula is C13H9BrClFN2O2. The zero-order valence-electron chi connectivity index (χ0n) is 10.3. The minimum Gasteiger partial charge on any atom is -0.494 e. The van der Waals surface area contributed by atoms with E-state index in [1.54, 1.807) is 6.07 Å². The van der Waals surface area contributed by atoms with Crippen molar-refractivity contribution in [3.8, 4) is 5.75 Å². The van der Waals surface area contributed by atoms with E-state index >= 15 is 0 Å². The minimum atomic E-state index is -0.612. The lowest BCUT2D eigenvalue weighted by molar-refractivity contribution is 0.102. The Morgan fingerprint density at radius 2 is 2.20 bits per heavy atom. The van der Waals surface area contributed by atoms with Crippen LogP contribution in [-0.2, 0) is 0 Å². The zero-order valence-corrected chi connectivity index (χ0v) is 12.6. The van der Waals surface area contributed by atoms with Crippen LogP contribution < -0.4 is 10.1 Å². The lowest BCUT2D eigenvalue weighted by atomic mass is 10.2. The van der Waals surface area contributed by atoms with E-state index in [0.29, 0.717) is 10.2 Å². The third kappa shape index (κ3) is 3.26. The van der Waals surface area contributed by atoms with Crippen molar-refractivity contribution in [2.75, 3.05) is 12.4 Å². The average molecular weight is 360 g/mol. The van der Waals surface area contributed by atoms with Gasteiger partial charge in [-0.1, -0.05) is 11.6 Å². The van der Waals surface area contributed by atoms with Crippen molar-refractivity contribution < 1.29 is 13.9 Å². The van der Waals surface area contributed by atoms with Crippen LogP contribution in [-0.4, -0.2) is 18.0 Å². The van der Waals surface area contributed by atoms with Gasteiger partial charge in [-0.3, -0.25) is 4.79 Å². The Balaban J connectivity index is 2.24. The van der Waals surface area contributed by atoms with E-state index in [2.05, 4.69) is 26.2 Å². The number of rotatable bonds is 3. The van der Waals surface area contributed by atoms with Gasteiger partial charge in [-0.15, -0.1) is 0 Å². The number of hydrogen-bond acceptors (Lipinski definition) is 3. The lowest BCUT2D eigenvalue weighted by Crippen LogP contribution is -2.13. The van der Waals surface area contributed by atoms with E-state index in [1.165, 1.54) is 25.4 Å². The van der Waals surface area contributed by atoms with E-state index < -0.39 is 11.7 Å². The number of ether oxygens (including phenoxy) is 1. The van der Waals surface area contributed by atoms with E-state index in [1.807, 2.05) is 0 Å². The molecule has 1 aromatic carbocycles. The average Bonchev–Trinajstić information content (AvgIpc) is 2.42. The summed E-state index contributed by atoms with van der Waals surface area (Å²) in [6.07, 6.45) is 1.50. The Labute approximate surface area is 128 Å². The molecule has 4 nitrogen and oxygen atoms in total. The number of carbonyl (C=O) groups excluding carboxylic acids is 1. The molecule has 0 spiro atoms. The standard InChI is InChI=1S/C13H9BrClFN2O2/c1-20-11-3-2-7(4-9(11)16)13(19)18-10-5-8(14)6-17-12(10)15/h2-6H,1H3,(H,18,19). The number of benzene rings is 1. The molecule has 7 heteroatoms. The fourth-order valence-electron chi connectivity index (χ4n) is 1.51. The zero-order chi connectivity index (χ0) is 14.7. The predicted octanol–water partition coefficient (Wildman–Crippen LogP) is 3.90. The minimum absolute atomic E-state index is 0.0729. The van der Waals surface area contributed by atoms with Gasteiger partial charge in [0.1, 0.15) is 0 Å². The number of anilines is 1. The Bertz CT molecular complexity index is 667. The third-order valence-corrected chi connectivity index (χ3v) is 3.20. The maximum Gasteiger partial charge on any atom is 0.255 e. The fourth-order valence-corrected chi connectivity index (χ4v) is 1.99. The summed E-state index contributed by atoms with van der Waals surface area (Å²) >= 11 is 9.09. The summed E-state index contributed by atoms with van der Waals surface area (Å²) in [6, 6.07) is 5.53. The number of carbonyl (C=O) groups is 1. The molecule has 0 aliphatic rings. The van der Waals surface area contributed by atoms with Crippen LogP contribution in [0.3, 0.4) is 0 Å². The van der Waals surface area contributed by atoms with Gasteiger partial charge in [-0.2, -0.15) is 0 Å². The molecule has 0 radical (unpaired) electrons. The highest BCUT2D eigenvalue weighted by Crippen LogP contribution is 2.24. The molecule has 1 amide bonds. The van der Waals surface area contributed by atoms with Crippen LogP contribution in [0.25, 0.3) is 0 Å². The van der Waals surface area contributed by atoms with E-state index in [0.717, 1.165) is 6.07 Å². The summed E-state index contributed by atoms with van der Waals surface area (Å²) in [5.41, 5.74) is 0.488. The van der Waals surface area contributed by atoms with E-state index in [9.17, 15) is 9.18 Å². The van der Waals surface area contributed by atoms with Crippen LogP contribution in [0.4, 0.5) is 10.1 Å². The van der Waals surface area contributed by atoms with Gasteiger partial charge in [0.25, 0.3) is 5.91 Å². The molecule has 1 aromatic heterocycles. The van der Waals surface area contributed by atoms with Crippen molar-refractivity contribution in [2.45, 2.75) is 0 Å². The first kappa shape index (κ1) is 14.7. The highest BCUT2D eigenvalue weighted by atomic mass is 79.9. The van der Waals surface area contributed by atoms with Gasteiger partial charge in [0.2, 0.25) is 0 Å². The summed E-state index contributed by atoms with van der Waals surface area (Å²) < 4.78 is 19.0. The molecule has 104 valence electrons. The Hall–Kier alpha value is -1.66. The monoisotopic (exact) mass is 358 g/mol. The van der Waals surface area contributed by atoms with Crippen LogP contribution in [0.2, 0.25) is 5.15 Å². The number of nitrogens with zero attached hydrogens (tertiary/aromatic N) is 1. The Kier molecular flexibility index (Phi) is 4.57. The molecule has 2 aromatic rings. The summed E-state index contributed by atoms with van der Waals surface area (Å²) in [5, 5.41) is 2.71. The van der Waals surface area contributed by atoms with Crippen LogP contribution >= 0.6 is 27.5 Å². The first-order valence-corrected chi connectivity index (χ1v) is 6.64. The third-order valence-electron chi connectivity index (χ3n) is 2.47. The molecule has 0 saturated heterocycles. The molecule has 1 N–H and O–H groups in total. The second-order valence-electron chi connectivity index (χ2n) is 3.80. The number of hydrogen-bond donors (Lipinski definition) is 1. The van der Waals surface area contributed by atoms with Gasteiger partial charge in [0.05, 0.1) is 12.8 Å². The smallest absolute Gasteiger partial charge is 0.255 e. The summed E-state index contributed by atoms with van der Waals surface area (Å²) in [5.74, 6) is -1.03. The number of methoxy groups -OCH3 is 1. The summed E-state index contributed by atoms with van der Waals surface area (Å²) in [4.78, 5) is 15.9. The van der Waals surface area contributed by atoms with Gasteiger partial charge in [0.15, 0.2) is 16.7 Å². The van der Waals surface area contributed by atoms with Crippen LogP contribution in [0.15, 0.2) is 34.9 Å². The van der Waals surface area contributed by atoms with Crippen molar-refractivity contribution in [1.82, 2.24) is 4.98 Å². The van der Waals surface area contributed by atoms with Crippen LogP contribution in [0, 0.1) is 5.82 Å². The summed E-state index contributed by atoms with van der Waals surface area (Å²) in [7, 11) is 1.35. The first-order valence-electron chi connectivity index (χ1n) is 5.47. The maximum absolute atomic E-state index is 13.5. The van der Waals surface area contributed by atoms with Gasteiger partial charge in [-0.25, -0.2) is 9.37 Å². The summed E-state index contributed by atoms with van der Waals surface area (Å²) in [6.45, 7) is 0. The molecule has 2 rings (SSSR count). The fraction of sp³-hybridized carbons (Fsp3) is 0.0769. The van der Waals surface area contributed by atoms with E-state index in [-0.39, 0.29) is 16.5 Å². The predicted molar refractivity (Wildman–Crippen MR) is 77.9 cm³/mol. The number of amides is 1. The molecule has 0 saturated carbocycles. The second-order valence-corrected chi connectivity index (χ2v) is 5.07. The SMILES string of the molecule is COc1ccc(C(=O)Nc2cc(Br)cnc2Cl)cc1F. The van der Waals surface area contributed by atoms with Gasteiger partial charge >= 0.3 is 0 Å².